The molecule has 0 fully saturated rings. The molecule has 1 heterocycles. The topological polar surface area (TPSA) is 85.9 Å². The van der Waals surface area contributed by atoms with Crippen LogP contribution in [0.25, 0.3) is 5.70 Å². The number of nitrogens with one attached hydrogen (secondary N) is 2. The van der Waals surface area contributed by atoms with Gasteiger partial charge in [-0.15, -0.1) is 0 Å². The SMILES string of the molecule is CCCCCCCOc1ccccc1C1NC(=O)NC(c2ccc(OC)cc2)=C1C(=O)OCC. The number of hydrogen-bond donors (Lipinski definition) is 2. The lowest BCUT2D eigenvalue weighted by molar-refractivity contribution is -0.138. The fourth-order valence-electron chi connectivity index (χ4n) is 3.95. The van der Waals surface area contributed by atoms with E-state index < -0.39 is 18.0 Å². The van der Waals surface area contributed by atoms with Gasteiger partial charge in [0.05, 0.1) is 37.6 Å². The summed E-state index contributed by atoms with van der Waals surface area (Å²) in [7, 11) is 1.58. The van der Waals surface area contributed by atoms with E-state index in [1.807, 2.05) is 24.3 Å². The van der Waals surface area contributed by atoms with E-state index in [1.165, 1.54) is 19.3 Å². The number of methoxy groups -OCH3 is 1. The normalized spacial score (nSPS) is 15.4. The van der Waals surface area contributed by atoms with Gasteiger partial charge in [0.25, 0.3) is 0 Å². The lowest BCUT2D eigenvalue weighted by Gasteiger charge is -2.30. The van der Waals surface area contributed by atoms with Gasteiger partial charge in [-0.2, -0.15) is 0 Å². The van der Waals surface area contributed by atoms with Crippen LogP contribution >= 0.6 is 0 Å². The standard InChI is InChI=1S/C27H34N2O5/c1-4-6-7-8-11-18-34-22-13-10-9-12-21(22)25-23(26(30)33-5-2)24(28-27(31)29-25)19-14-16-20(32-3)17-15-19/h9-10,12-17,25H,4-8,11,18H2,1-3H3,(H2,28,29,31). The van der Waals surface area contributed by atoms with Crippen molar-refractivity contribution < 1.29 is 23.8 Å². The van der Waals surface area contributed by atoms with Gasteiger partial charge in [-0.25, -0.2) is 9.59 Å². The maximum atomic E-state index is 13.1. The third kappa shape index (κ3) is 6.31. The van der Waals surface area contributed by atoms with Gasteiger partial charge in [0, 0.05) is 5.56 Å². The van der Waals surface area contributed by atoms with Crippen LogP contribution in [0.2, 0.25) is 0 Å². The second kappa shape index (κ2) is 12.7. The number of hydrogen-bond acceptors (Lipinski definition) is 5. The average Bonchev–Trinajstić information content (AvgIpc) is 2.86. The molecule has 0 saturated heterocycles. The molecular formula is C27H34N2O5. The van der Waals surface area contributed by atoms with Crippen LogP contribution in [-0.2, 0) is 9.53 Å². The molecule has 2 N–H and O–H groups in total. The first-order valence-corrected chi connectivity index (χ1v) is 11.9. The van der Waals surface area contributed by atoms with Crippen molar-refractivity contribution in [3.8, 4) is 11.5 Å². The third-order valence-corrected chi connectivity index (χ3v) is 5.68. The zero-order valence-electron chi connectivity index (χ0n) is 20.2. The van der Waals surface area contributed by atoms with Crippen LogP contribution in [0.15, 0.2) is 54.1 Å². The molecule has 7 nitrogen and oxygen atoms in total. The molecule has 182 valence electrons. The molecular weight excluding hydrogens is 432 g/mol. The van der Waals surface area contributed by atoms with Crippen molar-refractivity contribution in [2.75, 3.05) is 20.3 Å². The Bertz CT molecular complexity index is 1000. The highest BCUT2D eigenvalue weighted by molar-refractivity contribution is 6.04. The Labute approximate surface area is 201 Å². The first-order chi connectivity index (χ1) is 16.6. The van der Waals surface area contributed by atoms with Crippen molar-refractivity contribution in [2.24, 2.45) is 0 Å². The van der Waals surface area contributed by atoms with Crippen molar-refractivity contribution in [3.05, 3.63) is 65.2 Å². The molecule has 3 rings (SSSR count). The van der Waals surface area contributed by atoms with E-state index in [2.05, 4.69) is 17.6 Å². The predicted molar refractivity (Wildman–Crippen MR) is 132 cm³/mol. The zero-order valence-corrected chi connectivity index (χ0v) is 20.2. The second-order valence-corrected chi connectivity index (χ2v) is 8.07. The van der Waals surface area contributed by atoms with E-state index in [1.54, 1.807) is 38.3 Å². The van der Waals surface area contributed by atoms with E-state index in [-0.39, 0.29) is 6.61 Å². The van der Waals surface area contributed by atoms with E-state index >= 15 is 0 Å². The minimum absolute atomic E-state index is 0.217. The number of carbonyl (C=O) groups is 2. The van der Waals surface area contributed by atoms with Crippen LogP contribution in [-0.4, -0.2) is 32.3 Å². The fourth-order valence-corrected chi connectivity index (χ4v) is 3.95. The molecule has 0 bridgehead atoms. The number of rotatable bonds is 12. The molecule has 7 heteroatoms. The number of unbranched alkanes of at least 4 members (excludes halogenated alkanes) is 4. The highest BCUT2D eigenvalue weighted by atomic mass is 16.5. The summed E-state index contributed by atoms with van der Waals surface area (Å²) in [5, 5.41) is 5.69. The van der Waals surface area contributed by atoms with Gasteiger partial charge >= 0.3 is 12.0 Å². The summed E-state index contributed by atoms with van der Waals surface area (Å²) in [4.78, 5) is 25.8. The van der Waals surface area contributed by atoms with Crippen LogP contribution in [0.5, 0.6) is 11.5 Å². The van der Waals surface area contributed by atoms with E-state index in [9.17, 15) is 9.59 Å². The molecule has 1 aliphatic heterocycles. The number of para-hydroxylation sites is 1. The highest BCUT2D eigenvalue weighted by Crippen LogP contribution is 2.36. The van der Waals surface area contributed by atoms with Crippen LogP contribution in [0, 0.1) is 0 Å². The van der Waals surface area contributed by atoms with Crippen molar-refractivity contribution in [2.45, 2.75) is 52.0 Å². The van der Waals surface area contributed by atoms with Gasteiger partial charge in [0.2, 0.25) is 0 Å². The molecule has 0 spiro atoms. The number of ether oxygens (including phenoxy) is 3. The first kappa shape index (κ1) is 25.1. The smallest absolute Gasteiger partial charge is 0.338 e. The number of amides is 2. The lowest BCUT2D eigenvalue weighted by Crippen LogP contribution is -2.45. The van der Waals surface area contributed by atoms with E-state index in [0.29, 0.717) is 40.5 Å². The third-order valence-electron chi connectivity index (χ3n) is 5.68. The Kier molecular flexibility index (Phi) is 9.38. The Morgan fingerprint density at radius 1 is 0.971 bits per heavy atom. The summed E-state index contributed by atoms with van der Waals surface area (Å²) < 4.78 is 16.7. The number of benzene rings is 2. The zero-order chi connectivity index (χ0) is 24.3. The molecule has 1 aliphatic rings. The van der Waals surface area contributed by atoms with Gasteiger partial charge in [-0.3, -0.25) is 0 Å². The molecule has 0 saturated carbocycles. The van der Waals surface area contributed by atoms with E-state index in [0.717, 1.165) is 12.8 Å². The molecule has 2 amide bonds. The van der Waals surface area contributed by atoms with Crippen LogP contribution in [0.3, 0.4) is 0 Å². The van der Waals surface area contributed by atoms with Crippen LogP contribution in [0.1, 0.15) is 63.1 Å². The van der Waals surface area contributed by atoms with Crippen LogP contribution < -0.4 is 20.1 Å². The first-order valence-electron chi connectivity index (χ1n) is 11.9. The molecule has 34 heavy (non-hydrogen) atoms. The number of carbonyl (C=O) groups excluding carboxylic acids is 2. The predicted octanol–water partition coefficient (Wildman–Crippen LogP) is 5.37. The minimum atomic E-state index is -0.721. The number of urea groups is 1. The van der Waals surface area contributed by atoms with Crippen molar-refractivity contribution in [3.63, 3.8) is 0 Å². The Balaban J connectivity index is 1.97. The summed E-state index contributed by atoms with van der Waals surface area (Å²) in [6, 6.07) is 13.5. The molecule has 0 radical (unpaired) electrons. The summed E-state index contributed by atoms with van der Waals surface area (Å²) in [6.45, 7) is 4.73. The monoisotopic (exact) mass is 466 g/mol. The molecule has 2 aromatic rings. The minimum Gasteiger partial charge on any atom is -0.497 e. The molecule has 0 aromatic heterocycles. The van der Waals surface area contributed by atoms with Crippen molar-refractivity contribution in [1.29, 1.82) is 0 Å². The van der Waals surface area contributed by atoms with Gasteiger partial charge in [0.15, 0.2) is 0 Å². The maximum absolute atomic E-state index is 13.1. The average molecular weight is 467 g/mol. The highest BCUT2D eigenvalue weighted by Gasteiger charge is 2.35. The van der Waals surface area contributed by atoms with Crippen molar-refractivity contribution >= 4 is 17.7 Å². The summed E-state index contributed by atoms with van der Waals surface area (Å²) in [5.74, 6) is 0.817. The van der Waals surface area contributed by atoms with Gasteiger partial charge in [-0.1, -0.05) is 50.8 Å². The van der Waals surface area contributed by atoms with Crippen LogP contribution in [0.4, 0.5) is 4.79 Å². The molecule has 2 aromatic carbocycles. The quantitative estimate of drug-likeness (QED) is 0.324. The molecule has 1 atom stereocenters. The fraction of sp³-hybridized carbons (Fsp3) is 0.407. The van der Waals surface area contributed by atoms with E-state index in [4.69, 9.17) is 14.2 Å². The number of esters is 1. The van der Waals surface area contributed by atoms with Gasteiger partial charge in [0.1, 0.15) is 11.5 Å². The second-order valence-electron chi connectivity index (χ2n) is 8.07. The summed E-state index contributed by atoms with van der Waals surface area (Å²) >= 11 is 0. The Hall–Kier alpha value is -3.48. The van der Waals surface area contributed by atoms with Gasteiger partial charge < -0.3 is 24.8 Å². The Morgan fingerprint density at radius 3 is 2.41 bits per heavy atom. The summed E-state index contributed by atoms with van der Waals surface area (Å²) in [5.41, 5.74) is 2.12. The summed E-state index contributed by atoms with van der Waals surface area (Å²) in [6.07, 6.45) is 5.66. The molecule has 1 unspecified atom stereocenters. The lowest BCUT2D eigenvalue weighted by atomic mass is 9.92. The Morgan fingerprint density at radius 2 is 1.71 bits per heavy atom. The molecule has 0 aliphatic carbocycles. The van der Waals surface area contributed by atoms with Gasteiger partial charge in [-0.05, 0) is 49.2 Å². The maximum Gasteiger partial charge on any atom is 0.338 e. The van der Waals surface area contributed by atoms with Crippen molar-refractivity contribution in [1.82, 2.24) is 10.6 Å². The largest absolute Gasteiger partial charge is 0.497 e.